The summed E-state index contributed by atoms with van der Waals surface area (Å²) in [5, 5.41) is 0. The minimum atomic E-state index is 1.14. The maximum absolute atomic E-state index is 2.30. The van der Waals surface area contributed by atoms with Crippen molar-refractivity contribution in [1.82, 2.24) is 0 Å². The normalized spacial score (nSPS) is 23.6. The minimum Gasteiger partial charge on any atom is -0.0654 e. The highest BCUT2D eigenvalue weighted by Gasteiger charge is 2.34. The van der Waals surface area contributed by atoms with Crippen molar-refractivity contribution in [2.75, 3.05) is 0 Å². The summed E-state index contributed by atoms with van der Waals surface area (Å²) >= 11 is 0. The Morgan fingerprint density at radius 1 is 0.625 bits per heavy atom. The van der Waals surface area contributed by atoms with E-state index in [1.165, 1.54) is 57.8 Å². The van der Waals surface area contributed by atoms with Crippen LogP contribution in [-0.4, -0.2) is 0 Å². The van der Waals surface area contributed by atoms with Crippen LogP contribution in [0.15, 0.2) is 0 Å². The molecule has 0 heterocycles. The molecule has 1 rings (SSSR count). The van der Waals surface area contributed by atoms with E-state index in [-0.39, 0.29) is 0 Å². The van der Waals surface area contributed by atoms with Crippen molar-refractivity contribution in [2.45, 2.75) is 90.9 Å². The van der Waals surface area contributed by atoms with Crippen molar-refractivity contribution in [3.63, 3.8) is 0 Å². The first-order valence-corrected chi connectivity index (χ1v) is 7.88. The molecular formula is C16H32. The van der Waals surface area contributed by atoms with E-state index in [9.17, 15) is 0 Å². The summed E-state index contributed by atoms with van der Waals surface area (Å²) in [6.45, 7) is 4.60. The third kappa shape index (κ3) is 6.55. The number of hydrogen-bond donors (Lipinski definition) is 0. The molecule has 0 aromatic rings. The van der Waals surface area contributed by atoms with Crippen LogP contribution in [0.3, 0.4) is 0 Å². The molecule has 0 nitrogen and oxygen atoms in total. The van der Waals surface area contributed by atoms with Crippen molar-refractivity contribution in [1.29, 1.82) is 0 Å². The van der Waals surface area contributed by atoms with Crippen LogP contribution >= 0.6 is 0 Å². The van der Waals surface area contributed by atoms with Gasteiger partial charge in [-0.15, -0.1) is 0 Å². The molecule has 0 aliphatic heterocycles. The first kappa shape index (κ1) is 14.1. The second kappa shape index (κ2) is 9.07. The average molecular weight is 224 g/mol. The van der Waals surface area contributed by atoms with Gasteiger partial charge in [-0.1, -0.05) is 84.5 Å². The van der Waals surface area contributed by atoms with Crippen LogP contribution in [0.2, 0.25) is 0 Å². The monoisotopic (exact) mass is 224 g/mol. The van der Waals surface area contributed by atoms with E-state index in [1.807, 2.05) is 0 Å². The summed E-state index contributed by atoms with van der Waals surface area (Å²) in [5.74, 6) is 2.28. The highest BCUT2D eigenvalue weighted by molar-refractivity contribution is 4.85. The van der Waals surface area contributed by atoms with Crippen molar-refractivity contribution >= 4 is 0 Å². The van der Waals surface area contributed by atoms with E-state index in [4.69, 9.17) is 0 Å². The lowest BCUT2D eigenvalue weighted by atomic mass is 10.1. The van der Waals surface area contributed by atoms with Gasteiger partial charge in [-0.3, -0.25) is 0 Å². The van der Waals surface area contributed by atoms with Gasteiger partial charge in [0, 0.05) is 0 Å². The second-order valence-corrected chi connectivity index (χ2v) is 5.81. The van der Waals surface area contributed by atoms with E-state index >= 15 is 0 Å². The molecule has 0 bridgehead atoms. The van der Waals surface area contributed by atoms with E-state index in [2.05, 4.69) is 13.8 Å². The van der Waals surface area contributed by atoms with Gasteiger partial charge in [-0.2, -0.15) is 0 Å². The second-order valence-electron chi connectivity index (χ2n) is 5.81. The molecule has 0 aromatic heterocycles. The van der Waals surface area contributed by atoms with Gasteiger partial charge < -0.3 is 0 Å². The summed E-state index contributed by atoms with van der Waals surface area (Å²) in [7, 11) is 0. The van der Waals surface area contributed by atoms with E-state index < -0.39 is 0 Å². The zero-order valence-electron chi connectivity index (χ0n) is 11.6. The predicted octanol–water partition coefficient (Wildman–Crippen LogP) is 5.95. The van der Waals surface area contributed by atoms with Crippen LogP contribution in [0, 0.1) is 11.8 Å². The Morgan fingerprint density at radius 3 is 1.56 bits per heavy atom. The van der Waals surface area contributed by atoms with Crippen molar-refractivity contribution in [2.24, 2.45) is 11.8 Å². The highest BCUT2D eigenvalue weighted by Crippen LogP contribution is 2.45. The standard InChI is InChI=1S/C16H32/c1-3-5-7-9-11-13-16-14-15(16)12-10-8-6-4-2/h15-16H,3-14H2,1-2H3. The Kier molecular flexibility index (Phi) is 7.98. The quantitative estimate of drug-likeness (QED) is 0.380. The van der Waals surface area contributed by atoms with Gasteiger partial charge in [0.2, 0.25) is 0 Å². The predicted molar refractivity (Wildman–Crippen MR) is 73.7 cm³/mol. The van der Waals surface area contributed by atoms with E-state index in [0.717, 1.165) is 11.8 Å². The van der Waals surface area contributed by atoms with Crippen LogP contribution in [0.1, 0.15) is 90.9 Å². The molecule has 96 valence electrons. The molecule has 2 atom stereocenters. The largest absolute Gasteiger partial charge is 0.0654 e. The zero-order valence-corrected chi connectivity index (χ0v) is 11.6. The maximum atomic E-state index is 2.30. The van der Waals surface area contributed by atoms with Gasteiger partial charge in [0.05, 0.1) is 0 Å². The average Bonchev–Trinajstić information content (AvgIpc) is 3.03. The Bertz CT molecular complexity index is 150. The fourth-order valence-corrected chi connectivity index (χ4v) is 2.86. The topological polar surface area (TPSA) is 0 Å². The van der Waals surface area contributed by atoms with Crippen LogP contribution in [0.25, 0.3) is 0 Å². The summed E-state index contributed by atoms with van der Waals surface area (Å²) in [6, 6.07) is 0. The molecule has 0 spiro atoms. The molecule has 1 fully saturated rings. The zero-order chi connectivity index (χ0) is 11.6. The Morgan fingerprint density at radius 2 is 1.06 bits per heavy atom. The van der Waals surface area contributed by atoms with Gasteiger partial charge in [0.1, 0.15) is 0 Å². The fraction of sp³-hybridized carbons (Fsp3) is 1.00. The molecule has 16 heavy (non-hydrogen) atoms. The van der Waals surface area contributed by atoms with Gasteiger partial charge in [-0.25, -0.2) is 0 Å². The Hall–Kier alpha value is 0. The van der Waals surface area contributed by atoms with Gasteiger partial charge in [0.25, 0.3) is 0 Å². The minimum absolute atomic E-state index is 1.14. The van der Waals surface area contributed by atoms with Crippen molar-refractivity contribution in [3.05, 3.63) is 0 Å². The molecule has 0 saturated heterocycles. The van der Waals surface area contributed by atoms with Crippen molar-refractivity contribution < 1.29 is 0 Å². The summed E-state index contributed by atoms with van der Waals surface area (Å²) in [6.07, 6.45) is 17.8. The van der Waals surface area contributed by atoms with Crippen LogP contribution in [0.5, 0.6) is 0 Å². The molecular weight excluding hydrogens is 192 g/mol. The number of hydrogen-bond acceptors (Lipinski definition) is 0. The Balaban J connectivity index is 1.79. The lowest BCUT2D eigenvalue weighted by Gasteiger charge is -2.01. The smallest absolute Gasteiger partial charge is 0.0383 e. The third-order valence-electron chi connectivity index (χ3n) is 4.18. The van der Waals surface area contributed by atoms with Crippen LogP contribution in [-0.2, 0) is 0 Å². The van der Waals surface area contributed by atoms with Crippen LogP contribution in [0.4, 0.5) is 0 Å². The molecule has 1 saturated carbocycles. The van der Waals surface area contributed by atoms with Gasteiger partial charge >= 0.3 is 0 Å². The van der Waals surface area contributed by atoms with Gasteiger partial charge in [-0.05, 0) is 18.3 Å². The van der Waals surface area contributed by atoms with E-state index in [1.54, 1.807) is 19.3 Å². The molecule has 1 aliphatic carbocycles. The highest BCUT2D eigenvalue weighted by atomic mass is 14.4. The van der Waals surface area contributed by atoms with E-state index in [0.29, 0.717) is 0 Å². The molecule has 0 N–H and O–H groups in total. The van der Waals surface area contributed by atoms with Crippen LogP contribution < -0.4 is 0 Å². The molecule has 0 aromatic carbocycles. The lowest BCUT2D eigenvalue weighted by Crippen LogP contribution is -1.86. The number of unbranched alkanes of at least 4 members (excludes halogenated alkanes) is 7. The first-order chi connectivity index (χ1) is 7.88. The summed E-state index contributed by atoms with van der Waals surface area (Å²) in [4.78, 5) is 0. The van der Waals surface area contributed by atoms with Crippen molar-refractivity contribution in [3.8, 4) is 0 Å². The Labute approximate surface area is 103 Å². The number of rotatable bonds is 11. The molecule has 1 aliphatic rings. The maximum Gasteiger partial charge on any atom is -0.0383 e. The lowest BCUT2D eigenvalue weighted by molar-refractivity contribution is 0.524. The third-order valence-corrected chi connectivity index (χ3v) is 4.18. The summed E-state index contributed by atoms with van der Waals surface area (Å²) in [5.41, 5.74) is 0. The molecule has 0 heteroatoms. The molecule has 0 radical (unpaired) electrons. The van der Waals surface area contributed by atoms with Gasteiger partial charge in [0.15, 0.2) is 0 Å². The first-order valence-electron chi connectivity index (χ1n) is 7.88. The molecule has 0 amide bonds. The fourth-order valence-electron chi connectivity index (χ4n) is 2.86. The molecule has 2 unspecified atom stereocenters. The SMILES string of the molecule is CCCCCCCC1CC1CCCCCC. The summed E-state index contributed by atoms with van der Waals surface area (Å²) < 4.78 is 0.